The number of carbonyl (C=O) groups excluding carboxylic acids is 1. The van der Waals surface area contributed by atoms with Gasteiger partial charge in [-0.3, -0.25) is 4.79 Å². The molecule has 8 nitrogen and oxygen atoms in total. The lowest BCUT2D eigenvalue weighted by atomic mass is 10.1. The standard InChI is InChI=1S/C26H23FN2O6S/c1-34-22-11-8-18-12-20(25(30)28-24(18)14-22)16-29(15-17-6-9-21(27)10-7-17)36(32,33)23-5-3-4-19(13-23)26(31)35-2/h3-14H,15-16H2,1-2H3,(H,28,30). The van der Waals surface area contributed by atoms with Gasteiger partial charge in [0.05, 0.1) is 30.2 Å². The molecule has 3 aromatic carbocycles. The second kappa shape index (κ2) is 10.3. The lowest BCUT2D eigenvalue weighted by molar-refractivity contribution is 0.0600. The Kier molecular flexibility index (Phi) is 7.18. The molecular weight excluding hydrogens is 487 g/mol. The minimum atomic E-state index is -4.19. The van der Waals surface area contributed by atoms with Crippen molar-refractivity contribution in [2.45, 2.75) is 18.0 Å². The third-order valence-electron chi connectivity index (χ3n) is 5.64. The summed E-state index contributed by atoms with van der Waals surface area (Å²) in [5, 5.41) is 0.692. The van der Waals surface area contributed by atoms with E-state index >= 15 is 0 Å². The average molecular weight is 511 g/mol. The van der Waals surface area contributed by atoms with Gasteiger partial charge >= 0.3 is 5.97 Å². The number of hydrogen-bond acceptors (Lipinski definition) is 6. The first-order valence-electron chi connectivity index (χ1n) is 10.8. The zero-order chi connectivity index (χ0) is 25.9. The van der Waals surface area contributed by atoms with Crippen LogP contribution in [0.15, 0.2) is 82.5 Å². The van der Waals surface area contributed by atoms with Gasteiger partial charge in [0.1, 0.15) is 11.6 Å². The number of benzene rings is 3. The number of esters is 1. The second-order valence-electron chi connectivity index (χ2n) is 8.00. The number of halogens is 1. The van der Waals surface area contributed by atoms with E-state index in [0.29, 0.717) is 22.2 Å². The van der Waals surface area contributed by atoms with Gasteiger partial charge in [-0.25, -0.2) is 17.6 Å². The van der Waals surface area contributed by atoms with Crippen molar-refractivity contribution < 1.29 is 27.1 Å². The normalized spacial score (nSPS) is 11.6. The highest BCUT2D eigenvalue weighted by Crippen LogP contribution is 2.24. The Bertz CT molecular complexity index is 1580. The van der Waals surface area contributed by atoms with E-state index in [1.165, 1.54) is 62.8 Å². The summed E-state index contributed by atoms with van der Waals surface area (Å²) in [5.74, 6) is -0.573. The van der Waals surface area contributed by atoms with Crippen LogP contribution in [-0.2, 0) is 27.8 Å². The first-order valence-corrected chi connectivity index (χ1v) is 12.3. The first-order chi connectivity index (χ1) is 17.2. The summed E-state index contributed by atoms with van der Waals surface area (Å²) in [5.41, 5.74) is 0.881. The zero-order valence-corrected chi connectivity index (χ0v) is 20.3. The van der Waals surface area contributed by atoms with Crippen LogP contribution in [0.3, 0.4) is 0 Å². The van der Waals surface area contributed by atoms with E-state index in [4.69, 9.17) is 9.47 Å². The number of carbonyl (C=O) groups is 1. The molecule has 0 saturated heterocycles. The maximum absolute atomic E-state index is 13.7. The van der Waals surface area contributed by atoms with Crippen molar-refractivity contribution in [2.75, 3.05) is 14.2 Å². The maximum atomic E-state index is 13.7. The maximum Gasteiger partial charge on any atom is 0.337 e. The average Bonchev–Trinajstić information content (AvgIpc) is 2.89. The monoisotopic (exact) mass is 510 g/mol. The summed E-state index contributed by atoms with van der Waals surface area (Å²) in [6.45, 7) is -0.398. The Hall–Kier alpha value is -4.02. The number of fused-ring (bicyclic) bond motifs is 1. The smallest absolute Gasteiger partial charge is 0.337 e. The van der Waals surface area contributed by atoms with Gasteiger partial charge in [0, 0.05) is 24.7 Å². The minimum absolute atomic E-state index is 0.0674. The highest BCUT2D eigenvalue weighted by atomic mass is 32.2. The zero-order valence-electron chi connectivity index (χ0n) is 19.5. The van der Waals surface area contributed by atoms with Crippen molar-refractivity contribution in [3.8, 4) is 5.75 Å². The highest BCUT2D eigenvalue weighted by molar-refractivity contribution is 7.89. The molecule has 0 radical (unpaired) electrons. The molecule has 0 amide bonds. The van der Waals surface area contributed by atoms with E-state index in [-0.39, 0.29) is 29.1 Å². The van der Waals surface area contributed by atoms with Crippen molar-refractivity contribution >= 4 is 26.9 Å². The number of nitrogens with zero attached hydrogens (tertiary/aromatic N) is 1. The SMILES string of the molecule is COC(=O)c1cccc(S(=O)(=O)N(Cc2ccc(F)cc2)Cc2cc3ccc(OC)cc3[nH]c2=O)c1. The number of aromatic amines is 1. The Morgan fingerprint density at radius 3 is 2.42 bits per heavy atom. The summed E-state index contributed by atoms with van der Waals surface area (Å²) in [6, 6.07) is 17.6. The number of aromatic nitrogens is 1. The van der Waals surface area contributed by atoms with E-state index in [1.807, 2.05) is 0 Å². The molecule has 0 atom stereocenters. The fraction of sp³-hybridized carbons (Fsp3) is 0.154. The molecule has 10 heteroatoms. The van der Waals surface area contributed by atoms with Crippen molar-refractivity contribution in [1.29, 1.82) is 0 Å². The number of methoxy groups -OCH3 is 2. The van der Waals surface area contributed by atoms with E-state index in [0.717, 1.165) is 4.31 Å². The van der Waals surface area contributed by atoms with E-state index < -0.39 is 27.4 Å². The summed E-state index contributed by atoms with van der Waals surface area (Å²) in [4.78, 5) is 27.5. The quantitative estimate of drug-likeness (QED) is 0.361. The third-order valence-corrected chi connectivity index (χ3v) is 7.43. The molecule has 186 valence electrons. The molecule has 0 aliphatic carbocycles. The lowest BCUT2D eigenvalue weighted by Crippen LogP contribution is -2.32. The summed E-state index contributed by atoms with van der Waals surface area (Å²) in [6.07, 6.45) is 0. The van der Waals surface area contributed by atoms with Crippen molar-refractivity contribution in [3.63, 3.8) is 0 Å². The number of ether oxygens (including phenoxy) is 2. The molecule has 0 bridgehead atoms. The topological polar surface area (TPSA) is 106 Å². The van der Waals surface area contributed by atoms with Crippen LogP contribution in [-0.4, -0.2) is 37.9 Å². The van der Waals surface area contributed by atoms with Gasteiger partial charge in [-0.2, -0.15) is 4.31 Å². The van der Waals surface area contributed by atoms with Crippen LogP contribution in [0.5, 0.6) is 5.75 Å². The molecule has 1 heterocycles. The summed E-state index contributed by atoms with van der Waals surface area (Å²) >= 11 is 0. The van der Waals surface area contributed by atoms with Gasteiger partial charge in [0.25, 0.3) is 5.56 Å². The predicted molar refractivity (Wildman–Crippen MR) is 132 cm³/mol. The molecule has 4 rings (SSSR count). The molecule has 0 saturated carbocycles. The predicted octanol–water partition coefficient (Wildman–Crippen LogP) is 3.85. The van der Waals surface area contributed by atoms with Crippen molar-refractivity contribution in [1.82, 2.24) is 9.29 Å². The van der Waals surface area contributed by atoms with E-state index in [1.54, 1.807) is 24.3 Å². The Labute approximate surface area is 207 Å². The van der Waals surface area contributed by atoms with Crippen LogP contribution in [0, 0.1) is 5.82 Å². The molecule has 1 aromatic heterocycles. The highest BCUT2D eigenvalue weighted by Gasteiger charge is 2.27. The number of nitrogens with one attached hydrogen (secondary N) is 1. The second-order valence-corrected chi connectivity index (χ2v) is 9.93. The third kappa shape index (κ3) is 5.29. The van der Waals surface area contributed by atoms with E-state index in [2.05, 4.69) is 4.98 Å². The molecule has 0 unspecified atom stereocenters. The minimum Gasteiger partial charge on any atom is -0.497 e. The van der Waals surface area contributed by atoms with Gasteiger partial charge < -0.3 is 14.5 Å². The molecule has 1 N–H and O–H groups in total. The number of H-pyrrole nitrogens is 1. The van der Waals surface area contributed by atoms with Crippen molar-refractivity contribution in [3.05, 3.63) is 106 Å². The molecule has 0 fully saturated rings. The Balaban J connectivity index is 1.77. The van der Waals surface area contributed by atoms with Gasteiger partial charge in [0.15, 0.2) is 0 Å². The molecule has 0 spiro atoms. The largest absolute Gasteiger partial charge is 0.497 e. The van der Waals surface area contributed by atoms with Crippen LogP contribution in [0.2, 0.25) is 0 Å². The molecular formula is C26H23FN2O6S. The molecule has 0 aliphatic heterocycles. The van der Waals surface area contributed by atoms with Gasteiger partial charge in [-0.1, -0.05) is 18.2 Å². The number of rotatable bonds is 8. The van der Waals surface area contributed by atoms with Gasteiger partial charge in [0.2, 0.25) is 10.0 Å². The number of hydrogen-bond donors (Lipinski definition) is 1. The van der Waals surface area contributed by atoms with Gasteiger partial charge in [-0.15, -0.1) is 0 Å². The van der Waals surface area contributed by atoms with Crippen LogP contribution in [0.4, 0.5) is 4.39 Å². The Morgan fingerprint density at radius 1 is 0.972 bits per heavy atom. The number of pyridine rings is 1. The summed E-state index contributed by atoms with van der Waals surface area (Å²) in [7, 11) is -1.48. The van der Waals surface area contributed by atoms with Crippen LogP contribution in [0.25, 0.3) is 10.9 Å². The molecule has 0 aliphatic rings. The first kappa shape index (κ1) is 25.1. The fourth-order valence-corrected chi connectivity index (χ4v) is 5.18. The molecule has 36 heavy (non-hydrogen) atoms. The number of sulfonamides is 1. The van der Waals surface area contributed by atoms with E-state index in [9.17, 15) is 22.4 Å². The fourth-order valence-electron chi connectivity index (χ4n) is 3.73. The molecule has 4 aromatic rings. The van der Waals surface area contributed by atoms with Gasteiger partial charge in [-0.05, 0) is 59.5 Å². The summed E-state index contributed by atoms with van der Waals surface area (Å²) < 4.78 is 51.9. The Morgan fingerprint density at radius 2 is 1.72 bits per heavy atom. The van der Waals surface area contributed by atoms with Crippen LogP contribution < -0.4 is 10.3 Å². The van der Waals surface area contributed by atoms with Crippen LogP contribution >= 0.6 is 0 Å². The van der Waals surface area contributed by atoms with Crippen LogP contribution in [0.1, 0.15) is 21.5 Å². The van der Waals surface area contributed by atoms with Crippen molar-refractivity contribution in [2.24, 2.45) is 0 Å². The lowest BCUT2D eigenvalue weighted by Gasteiger charge is -2.23.